The van der Waals surface area contributed by atoms with Crippen LogP contribution in [0.15, 0.2) is 36.7 Å². The third-order valence-corrected chi connectivity index (χ3v) is 2.98. The number of fused-ring (bicyclic) bond motifs is 1. The fraction of sp³-hybridized carbons (Fsp3) is 0.143. The van der Waals surface area contributed by atoms with Gasteiger partial charge < -0.3 is 20.5 Å². The molecule has 0 saturated heterocycles. The van der Waals surface area contributed by atoms with Crippen LogP contribution in [0.1, 0.15) is 15.9 Å². The average Bonchev–Trinajstić information content (AvgIpc) is 2.47. The van der Waals surface area contributed by atoms with Crippen molar-refractivity contribution in [1.82, 2.24) is 4.98 Å². The van der Waals surface area contributed by atoms with E-state index in [1.54, 1.807) is 12.3 Å². The molecule has 0 spiro atoms. The minimum Gasteiger partial charge on any atom is -0.467 e. The molecule has 20 heavy (non-hydrogen) atoms. The Balaban J connectivity index is 1.90. The number of anilines is 2. The summed E-state index contributed by atoms with van der Waals surface area (Å²) in [5, 5.41) is 3.15. The van der Waals surface area contributed by atoms with E-state index in [2.05, 4.69) is 10.3 Å². The van der Waals surface area contributed by atoms with Crippen molar-refractivity contribution < 1.29 is 14.3 Å². The first-order valence-electron chi connectivity index (χ1n) is 6.08. The fourth-order valence-electron chi connectivity index (χ4n) is 2.02. The topological polar surface area (TPSA) is 86.5 Å². The van der Waals surface area contributed by atoms with Gasteiger partial charge in [-0.1, -0.05) is 0 Å². The van der Waals surface area contributed by atoms with Gasteiger partial charge in [-0.05, 0) is 24.3 Å². The van der Waals surface area contributed by atoms with Crippen LogP contribution in [0, 0.1) is 0 Å². The molecule has 0 aliphatic carbocycles. The molecule has 6 nitrogen and oxygen atoms in total. The van der Waals surface area contributed by atoms with Gasteiger partial charge in [-0.3, -0.25) is 9.78 Å². The summed E-state index contributed by atoms with van der Waals surface area (Å²) < 4.78 is 10.6. The molecule has 102 valence electrons. The molecule has 1 aliphatic rings. The van der Waals surface area contributed by atoms with Crippen LogP contribution in [-0.4, -0.2) is 17.7 Å². The molecule has 0 atom stereocenters. The lowest BCUT2D eigenvalue weighted by Crippen LogP contribution is -2.14. The number of nitrogens with two attached hydrogens (primary N) is 1. The lowest BCUT2D eigenvalue weighted by Gasteiger charge is -2.19. The van der Waals surface area contributed by atoms with Crippen LogP contribution in [0.4, 0.5) is 11.4 Å². The summed E-state index contributed by atoms with van der Waals surface area (Å²) in [6, 6.07) is 7.35. The molecular weight excluding hydrogens is 258 g/mol. The molecule has 1 amide bonds. The molecule has 0 saturated carbocycles. The quantitative estimate of drug-likeness (QED) is 0.888. The Bertz CT molecular complexity index is 658. The molecule has 6 heteroatoms. The van der Waals surface area contributed by atoms with Gasteiger partial charge in [-0.2, -0.15) is 0 Å². The maximum absolute atomic E-state index is 11.3. The normalized spacial score (nSPS) is 13.2. The zero-order valence-corrected chi connectivity index (χ0v) is 10.6. The maximum Gasteiger partial charge on any atom is 0.252 e. The first-order valence-corrected chi connectivity index (χ1v) is 6.08. The number of primary amides is 1. The van der Waals surface area contributed by atoms with E-state index in [1.807, 2.05) is 18.2 Å². The summed E-state index contributed by atoms with van der Waals surface area (Å²) in [6.45, 7) is 0.778. The standard InChI is InChI=1S/C14H13N3O3/c15-14(18)11-6-16-4-3-12(11)17-10-1-2-13-9(5-10)7-19-8-20-13/h1-6H,7-8H2,(H2,15,18)(H,16,17). The second kappa shape index (κ2) is 5.18. The Labute approximate surface area is 115 Å². The fourth-order valence-corrected chi connectivity index (χ4v) is 2.02. The van der Waals surface area contributed by atoms with Crippen molar-refractivity contribution in [3.63, 3.8) is 0 Å². The molecule has 0 fully saturated rings. The Morgan fingerprint density at radius 3 is 3.10 bits per heavy atom. The monoisotopic (exact) mass is 271 g/mol. The summed E-state index contributed by atoms with van der Waals surface area (Å²) >= 11 is 0. The van der Waals surface area contributed by atoms with Gasteiger partial charge in [0, 0.05) is 23.6 Å². The number of nitrogens with one attached hydrogen (secondary N) is 1. The smallest absolute Gasteiger partial charge is 0.252 e. The highest BCUT2D eigenvalue weighted by molar-refractivity contribution is 5.98. The number of aromatic nitrogens is 1. The number of benzene rings is 1. The molecule has 2 heterocycles. The molecule has 0 bridgehead atoms. The van der Waals surface area contributed by atoms with E-state index in [9.17, 15) is 4.79 Å². The number of rotatable bonds is 3. The Morgan fingerprint density at radius 2 is 2.25 bits per heavy atom. The average molecular weight is 271 g/mol. The molecule has 1 aliphatic heterocycles. The van der Waals surface area contributed by atoms with E-state index in [0.29, 0.717) is 17.9 Å². The minimum absolute atomic E-state index is 0.274. The van der Waals surface area contributed by atoms with Gasteiger partial charge in [0.1, 0.15) is 5.75 Å². The lowest BCUT2D eigenvalue weighted by atomic mass is 10.1. The molecule has 1 aromatic heterocycles. The molecule has 0 unspecified atom stereocenters. The Morgan fingerprint density at radius 1 is 1.35 bits per heavy atom. The van der Waals surface area contributed by atoms with E-state index in [4.69, 9.17) is 15.2 Å². The molecule has 3 rings (SSSR count). The van der Waals surface area contributed by atoms with Gasteiger partial charge in [0.05, 0.1) is 17.9 Å². The lowest BCUT2D eigenvalue weighted by molar-refractivity contribution is -0.0163. The molecule has 3 N–H and O–H groups in total. The Hall–Kier alpha value is -2.60. The second-order valence-electron chi connectivity index (χ2n) is 4.34. The summed E-state index contributed by atoms with van der Waals surface area (Å²) in [7, 11) is 0. The molecular formula is C14H13N3O3. The maximum atomic E-state index is 11.3. The largest absolute Gasteiger partial charge is 0.467 e. The first kappa shape index (κ1) is 12.4. The van der Waals surface area contributed by atoms with Crippen molar-refractivity contribution in [2.45, 2.75) is 6.61 Å². The number of carbonyl (C=O) groups excluding carboxylic acids is 1. The molecule has 2 aromatic rings. The third-order valence-electron chi connectivity index (χ3n) is 2.98. The summed E-state index contributed by atoms with van der Waals surface area (Å²) in [6.07, 6.45) is 3.04. The van der Waals surface area contributed by atoms with Gasteiger partial charge in [-0.25, -0.2) is 0 Å². The number of carbonyl (C=O) groups is 1. The van der Waals surface area contributed by atoms with Crippen molar-refractivity contribution in [3.05, 3.63) is 47.8 Å². The predicted molar refractivity (Wildman–Crippen MR) is 72.8 cm³/mol. The van der Waals surface area contributed by atoms with E-state index in [0.717, 1.165) is 17.0 Å². The number of hydrogen-bond donors (Lipinski definition) is 2. The highest BCUT2D eigenvalue weighted by Crippen LogP contribution is 2.28. The van der Waals surface area contributed by atoms with Crippen molar-refractivity contribution in [2.24, 2.45) is 5.73 Å². The number of hydrogen-bond acceptors (Lipinski definition) is 5. The number of amides is 1. The summed E-state index contributed by atoms with van der Waals surface area (Å²) in [5.41, 5.74) is 8.06. The highest BCUT2D eigenvalue weighted by atomic mass is 16.7. The zero-order valence-electron chi connectivity index (χ0n) is 10.6. The predicted octanol–water partition coefficient (Wildman–Crippen LogP) is 1.79. The SMILES string of the molecule is NC(=O)c1cnccc1Nc1ccc2c(c1)COCO2. The highest BCUT2D eigenvalue weighted by Gasteiger charge is 2.12. The summed E-state index contributed by atoms with van der Waals surface area (Å²) in [5.74, 6) is 0.289. The summed E-state index contributed by atoms with van der Waals surface area (Å²) in [4.78, 5) is 15.2. The third kappa shape index (κ3) is 2.41. The number of ether oxygens (including phenoxy) is 2. The van der Waals surface area contributed by atoms with E-state index < -0.39 is 5.91 Å². The van der Waals surface area contributed by atoms with Gasteiger partial charge in [0.2, 0.25) is 0 Å². The van der Waals surface area contributed by atoms with Gasteiger partial charge in [0.25, 0.3) is 5.91 Å². The van der Waals surface area contributed by atoms with Gasteiger partial charge >= 0.3 is 0 Å². The van der Waals surface area contributed by atoms with Crippen LogP contribution in [-0.2, 0) is 11.3 Å². The van der Waals surface area contributed by atoms with E-state index >= 15 is 0 Å². The number of nitrogens with zero attached hydrogens (tertiary/aromatic N) is 1. The van der Waals surface area contributed by atoms with Gasteiger partial charge in [0.15, 0.2) is 6.79 Å². The molecule has 1 aromatic carbocycles. The zero-order chi connectivity index (χ0) is 13.9. The van der Waals surface area contributed by atoms with Crippen molar-refractivity contribution in [1.29, 1.82) is 0 Å². The van der Waals surface area contributed by atoms with Gasteiger partial charge in [-0.15, -0.1) is 0 Å². The Kier molecular flexibility index (Phi) is 3.22. The molecule has 0 radical (unpaired) electrons. The van der Waals surface area contributed by atoms with Crippen LogP contribution in [0.3, 0.4) is 0 Å². The van der Waals surface area contributed by atoms with Crippen LogP contribution < -0.4 is 15.8 Å². The van der Waals surface area contributed by atoms with E-state index in [1.165, 1.54) is 6.20 Å². The van der Waals surface area contributed by atoms with E-state index in [-0.39, 0.29) is 6.79 Å². The number of pyridine rings is 1. The van der Waals surface area contributed by atoms with Crippen LogP contribution in [0.5, 0.6) is 5.75 Å². The van der Waals surface area contributed by atoms with Crippen molar-refractivity contribution in [3.8, 4) is 5.75 Å². The second-order valence-corrected chi connectivity index (χ2v) is 4.34. The van der Waals surface area contributed by atoms with Crippen LogP contribution in [0.2, 0.25) is 0 Å². The first-order chi connectivity index (χ1) is 9.74. The minimum atomic E-state index is -0.523. The van der Waals surface area contributed by atoms with Crippen molar-refractivity contribution in [2.75, 3.05) is 12.1 Å². The van der Waals surface area contributed by atoms with Crippen LogP contribution >= 0.6 is 0 Å². The van der Waals surface area contributed by atoms with Crippen LogP contribution in [0.25, 0.3) is 0 Å². The van der Waals surface area contributed by atoms with Crippen molar-refractivity contribution >= 4 is 17.3 Å².